The van der Waals surface area contributed by atoms with Crippen molar-refractivity contribution in [3.8, 4) is 0 Å². The first-order valence-electron chi connectivity index (χ1n) is 5.34. The van der Waals surface area contributed by atoms with Crippen LogP contribution in [0.25, 0.3) is 0 Å². The van der Waals surface area contributed by atoms with Crippen molar-refractivity contribution in [1.29, 1.82) is 0 Å². The minimum Gasteiger partial charge on any atom is -0.378 e. The number of aryl methyl sites for hydroxylation is 1. The average Bonchev–Trinajstić information content (AvgIpc) is 2.83. The third-order valence-corrected chi connectivity index (χ3v) is 3.18. The van der Waals surface area contributed by atoms with E-state index < -0.39 is 0 Å². The van der Waals surface area contributed by atoms with Crippen LogP contribution in [0.3, 0.4) is 0 Å². The fourth-order valence-electron chi connectivity index (χ4n) is 1.39. The van der Waals surface area contributed by atoms with E-state index in [1.54, 1.807) is 11.3 Å². The highest BCUT2D eigenvalue weighted by Crippen LogP contribution is 2.15. The van der Waals surface area contributed by atoms with Crippen molar-refractivity contribution in [2.45, 2.75) is 33.4 Å². The lowest BCUT2D eigenvalue weighted by Crippen LogP contribution is -2.00. The van der Waals surface area contributed by atoms with Gasteiger partial charge in [0.2, 0.25) is 0 Å². The van der Waals surface area contributed by atoms with Crippen molar-refractivity contribution in [1.82, 2.24) is 14.8 Å². The first kappa shape index (κ1) is 11.1. The Kier molecular flexibility index (Phi) is 3.24. The van der Waals surface area contributed by atoms with Crippen LogP contribution < -0.4 is 5.32 Å². The van der Waals surface area contributed by atoms with Gasteiger partial charge < -0.3 is 5.32 Å². The molecule has 0 aliphatic carbocycles. The first-order valence-corrected chi connectivity index (χ1v) is 6.16. The summed E-state index contributed by atoms with van der Waals surface area (Å²) in [6.45, 7) is 7.06. The van der Waals surface area contributed by atoms with Gasteiger partial charge in [0.05, 0.1) is 23.4 Å². The lowest BCUT2D eigenvalue weighted by atomic mass is 10.4. The van der Waals surface area contributed by atoms with Gasteiger partial charge in [-0.1, -0.05) is 0 Å². The van der Waals surface area contributed by atoms with Gasteiger partial charge in [-0.3, -0.25) is 4.68 Å². The topological polar surface area (TPSA) is 42.7 Å². The standard InChI is InChI=1S/C11H16N4S/c1-8(2)15-7-10(4-14-15)13-6-11-5-12-9(3)16-11/h4-5,7-8,13H,6H2,1-3H3. The van der Waals surface area contributed by atoms with Gasteiger partial charge in [-0.15, -0.1) is 11.3 Å². The Morgan fingerprint density at radius 1 is 1.44 bits per heavy atom. The highest BCUT2D eigenvalue weighted by atomic mass is 32.1. The zero-order valence-corrected chi connectivity index (χ0v) is 10.6. The molecular formula is C11H16N4S. The predicted molar refractivity (Wildman–Crippen MR) is 66.8 cm³/mol. The SMILES string of the molecule is Cc1ncc(CNc2cnn(C(C)C)c2)s1. The number of anilines is 1. The summed E-state index contributed by atoms with van der Waals surface area (Å²) in [5.74, 6) is 0. The fraction of sp³-hybridized carbons (Fsp3) is 0.455. The first-order chi connectivity index (χ1) is 7.65. The molecule has 0 spiro atoms. The lowest BCUT2D eigenvalue weighted by molar-refractivity contribution is 0.532. The Hall–Kier alpha value is -1.36. The van der Waals surface area contributed by atoms with Crippen LogP contribution >= 0.6 is 11.3 Å². The summed E-state index contributed by atoms with van der Waals surface area (Å²) in [5, 5.41) is 8.72. The van der Waals surface area contributed by atoms with E-state index in [1.165, 1.54) is 4.88 Å². The highest BCUT2D eigenvalue weighted by molar-refractivity contribution is 7.11. The van der Waals surface area contributed by atoms with Gasteiger partial charge in [0, 0.05) is 23.3 Å². The molecule has 2 heterocycles. The van der Waals surface area contributed by atoms with Crippen molar-refractivity contribution in [2.24, 2.45) is 0 Å². The zero-order chi connectivity index (χ0) is 11.5. The van der Waals surface area contributed by atoms with Crippen LogP contribution in [-0.2, 0) is 6.54 Å². The minimum absolute atomic E-state index is 0.404. The molecule has 4 nitrogen and oxygen atoms in total. The van der Waals surface area contributed by atoms with E-state index in [0.29, 0.717) is 6.04 Å². The number of rotatable bonds is 4. The monoisotopic (exact) mass is 236 g/mol. The molecule has 0 atom stereocenters. The molecule has 2 rings (SSSR count). The summed E-state index contributed by atoms with van der Waals surface area (Å²) in [7, 11) is 0. The summed E-state index contributed by atoms with van der Waals surface area (Å²) in [5.41, 5.74) is 1.06. The molecule has 16 heavy (non-hydrogen) atoms. The number of aromatic nitrogens is 3. The Morgan fingerprint density at radius 2 is 2.25 bits per heavy atom. The number of nitrogens with zero attached hydrogens (tertiary/aromatic N) is 3. The maximum atomic E-state index is 4.28. The van der Waals surface area contributed by atoms with Crippen LogP contribution in [-0.4, -0.2) is 14.8 Å². The normalized spacial score (nSPS) is 11.0. The molecule has 0 radical (unpaired) electrons. The summed E-state index contributed by atoms with van der Waals surface area (Å²) < 4.78 is 1.94. The van der Waals surface area contributed by atoms with Crippen LogP contribution in [0.5, 0.6) is 0 Å². The third kappa shape index (κ3) is 2.61. The average molecular weight is 236 g/mol. The van der Waals surface area contributed by atoms with Crippen molar-refractivity contribution >= 4 is 17.0 Å². The molecule has 0 aliphatic heterocycles. The molecule has 86 valence electrons. The van der Waals surface area contributed by atoms with Gasteiger partial charge in [-0.25, -0.2) is 4.98 Å². The van der Waals surface area contributed by atoms with Crippen LogP contribution in [0, 0.1) is 6.92 Å². The minimum atomic E-state index is 0.404. The Balaban J connectivity index is 1.94. The van der Waals surface area contributed by atoms with E-state index in [2.05, 4.69) is 29.2 Å². The van der Waals surface area contributed by atoms with Crippen molar-refractivity contribution in [2.75, 3.05) is 5.32 Å². The van der Waals surface area contributed by atoms with Crippen LogP contribution in [0.1, 0.15) is 29.8 Å². The number of hydrogen-bond donors (Lipinski definition) is 1. The van der Waals surface area contributed by atoms with Gasteiger partial charge in [0.25, 0.3) is 0 Å². The summed E-state index contributed by atoms with van der Waals surface area (Å²) in [6.07, 6.45) is 5.80. The molecule has 5 heteroatoms. The molecule has 0 bridgehead atoms. The second-order valence-corrected chi connectivity index (χ2v) is 5.32. The second-order valence-electron chi connectivity index (χ2n) is 4.00. The van der Waals surface area contributed by atoms with E-state index in [-0.39, 0.29) is 0 Å². The Morgan fingerprint density at radius 3 is 2.81 bits per heavy atom. The molecule has 0 fully saturated rings. The smallest absolute Gasteiger partial charge is 0.0897 e. The zero-order valence-electron chi connectivity index (χ0n) is 9.77. The van der Waals surface area contributed by atoms with Crippen molar-refractivity contribution < 1.29 is 0 Å². The van der Waals surface area contributed by atoms with Gasteiger partial charge in [-0.2, -0.15) is 5.10 Å². The highest BCUT2D eigenvalue weighted by Gasteiger charge is 2.02. The summed E-state index contributed by atoms with van der Waals surface area (Å²) >= 11 is 1.72. The van der Waals surface area contributed by atoms with Crippen molar-refractivity contribution in [3.05, 3.63) is 28.5 Å². The molecule has 0 aliphatic rings. The maximum absolute atomic E-state index is 4.28. The molecule has 0 unspecified atom stereocenters. The molecular weight excluding hydrogens is 220 g/mol. The van der Waals surface area contributed by atoms with Gasteiger partial charge in [-0.05, 0) is 20.8 Å². The molecule has 1 N–H and O–H groups in total. The van der Waals surface area contributed by atoms with E-state index >= 15 is 0 Å². The summed E-state index contributed by atoms with van der Waals surface area (Å²) in [4.78, 5) is 5.47. The number of hydrogen-bond acceptors (Lipinski definition) is 4. The number of nitrogens with one attached hydrogen (secondary N) is 1. The van der Waals surface area contributed by atoms with E-state index in [1.807, 2.05) is 30.2 Å². The maximum Gasteiger partial charge on any atom is 0.0897 e. The molecule has 0 amide bonds. The summed E-state index contributed by atoms with van der Waals surface area (Å²) in [6, 6.07) is 0.404. The van der Waals surface area contributed by atoms with E-state index in [9.17, 15) is 0 Å². The lowest BCUT2D eigenvalue weighted by Gasteiger charge is -2.03. The Labute approximate surface area is 99.3 Å². The van der Waals surface area contributed by atoms with E-state index in [0.717, 1.165) is 17.2 Å². The van der Waals surface area contributed by atoms with Crippen molar-refractivity contribution in [3.63, 3.8) is 0 Å². The molecule has 2 aromatic heterocycles. The molecule has 2 aromatic rings. The second kappa shape index (κ2) is 4.65. The largest absolute Gasteiger partial charge is 0.378 e. The predicted octanol–water partition coefficient (Wildman–Crippen LogP) is 2.84. The molecule has 0 saturated carbocycles. The third-order valence-electron chi connectivity index (χ3n) is 2.27. The number of thiazole rings is 1. The molecule has 0 saturated heterocycles. The van der Waals surface area contributed by atoms with Crippen LogP contribution in [0.2, 0.25) is 0 Å². The fourth-order valence-corrected chi connectivity index (χ4v) is 2.12. The molecule has 0 aromatic carbocycles. The Bertz CT molecular complexity index is 458. The quantitative estimate of drug-likeness (QED) is 0.887. The van der Waals surface area contributed by atoms with E-state index in [4.69, 9.17) is 0 Å². The van der Waals surface area contributed by atoms with Crippen LogP contribution in [0.4, 0.5) is 5.69 Å². The van der Waals surface area contributed by atoms with Gasteiger partial charge in [0.1, 0.15) is 0 Å². The van der Waals surface area contributed by atoms with Crippen LogP contribution in [0.15, 0.2) is 18.6 Å². The van der Waals surface area contributed by atoms with Gasteiger partial charge >= 0.3 is 0 Å². The van der Waals surface area contributed by atoms with Gasteiger partial charge in [0.15, 0.2) is 0 Å².